The van der Waals surface area contributed by atoms with Crippen LogP contribution in [0.25, 0.3) is 21.8 Å². The number of H-pyrrole nitrogens is 1. The Bertz CT molecular complexity index is 792. The van der Waals surface area contributed by atoms with Crippen LogP contribution in [-0.4, -0.2) is 10.9 Å². The van der Waals surface area contributed by atoms with Crippen molar-refractivity contribution in [1.29, 1.82) is 0 Å². The molecule has 0 spiro atoms. The van der Waals surface area contributed by atoms with Crippen molar-refractivity contribution < 1.29 is 4.79 Å². The Labute approximate surface area is 111 Å². The van der Waals surface area contributed by atoms with Gasteiger partial charge in [0.05, 0.1) is 11.1 Å². The first-order chi connectivity index (χ1) is 8.58. The van der Waals surface area contributed by atoms with E-state index >= 15 is 0 Å². The van der Waals surface area contributed by atoms with Crippen LogP contribution in [0.5, 0.6) is 0 Å². The molecule has 0 bridgehead atoms. The lowest BCUT2D eigenvalue weighted by Gasteiger charge is -2.00. The minimum Gasteiger partial charge on any atom is -0.399 e. The second-order valence-corrected chi connectivity index (χ2v) is 4.99. The molecule has 0 unspecified atom stereocenters. The molecular formula is C13H10BrN3O. The summed E-state index contributed by atoms with van der Waals surface area (Å²) in [6.07, 6.45) is 0. The third-order valence-corrected chi connectivity index (χ3v) is 3.65. The van der Waals surface area contributed by atoms with E-state index in [4.69, 9.17) is 11.5 Å². The number of aromatic nitrogens is 1. The van der Waals surface area contributed by atoms with Crippen LogP contribution < -0.4 is 11.5 Å². The Kier molecular flexibility index (Phi) is 2.31. The summed E-state index contributed by atoms with van der Waals surface area (Å²) in [7, 11) is 0. The van der Waals surface area contributed by atoms with E-state index < -0.39 is 5.91 Å². The fourth-order valence-electron chi connectivity index (χ4n) is 2.19. The molecule has 3 aromatic rings. The number of benzene rings is 2. The number of hydrogen-bond acceptors (Lipinski definition) is 2. The van der Waals surface area contributed by atoms with Crippen LogP contribution in [0.2, 0.25) is 0 Å². The van der Waals surface area contributed by atoms with Crippen LogP contribution in [0, 0.1) is 0 Å². The van der Waals surface area contributed by atoms with E-state index in [2.05, 4.69) is 20.9 Å². The molecule has 5 N–H and O–H groups in total. The molecule has 1 heterocycles. The van der Waals surface area contributed by atoms with Gasteiger partial charge in [-0.3, -0.25) is 4.79 Å². The summed E-state index contributed by atoms with van der Waals surface area (Å²) >= 11 is 3.50. The van der Waals surface area contributed by atoms with E-state index in [1.165, 1.54) is 0 Å². The number of amides is 1. The summed E-state index contributed by atoms with van der Waals surface area (Å²) in [5.74, 6) is -0.452. The molecule has 2 aromatic carbocycles. The molecule has 5 heteroatoms. The van der Waals surface area contributed by atoms with Crippen LogP contribution in [-0.2, 0) is 0 Å². The minimum atomic E-state index is -0.452. The maximum absolute atomic E-state index is 11.4. The zero-order valence-corrected chi connectivity index (χ0v) is 10.9. The first kappa shape index (κ1) is 11.1. The highest BCUT2D eigenvalue weighted by Crippen LogP contribution is 2.34. The van der Waals surface area contributed by atoms with Crippen LogP contribution in [0.15, 0.2) is 34.8 Å². The average molecular weight is 304 g/mol. The minimum absolute atomic E-state index is 0.452. The molecule has 0 aliphatic rings. The molecular weight excluding hydrogens is 294 g/mol. The molecule has 0 saturated carbocycles. The van der Waals surface area contributed by atoms with E-state index in [9.17, 15) is 4.79 Å². The maximum Gasteiger partial charge on any atom is 0.250 e. The zero-order valence-electron chi connectivity index (χ0n) is 9.33. The molecule has 1 aromatic heterocycles. The van der Waals surface area contributed by atoms with Gasteiger partial charge in [0.25, 0.3) is 5.91 Å². The van der Waals surface area contributed by atoms with Crippen molar-refractivity contribution >= 4 is 49.3 Å². The van der Waals surface area contributed by atoms with Crippen LogP contribution in [0.1, 0.15) is 10.4 Å². The molecule has 0 radical (unpaired) electrons. The van der Waals surface area contributed by atoms with Gasteiger partial charge in [0.15, 0.2) is 0 Å². The van der Waals surface area contributed by atoms with Crippen molar-refractivity contribution in [3.63, 3.8) is 0 Å². The lowest BCUT2D eigenvalue weighted by atomic mass is 10.1. The van der Waals surface area contributed by atoms with E-state index in [0.717, 1.165) is 26.3 Å². The van der Waals surface area contributed by atoms with Crippen molar-refractivity contribution in [3.8, 4) is 0 Å². The molecule has 0 atom stereocenters. The van der Waals surface area contributed by atoms with Crippen LogP contribution in [0.4, 0.5) is 5.69 Å². The summed E-state index contributed by atoms with van der Waals surface area (Å²) in [5, 5.41) is 1.95. The fourth-order valence-corrected chi connectivity index (χ4v) is 2.74. The van der Waals surface area contributed by atoms with E-state index in [1.807, 2.05) is 24.3 Å². The van der Waals surface area contributed by atoms with E-state index in [-0.39, 0.29) is 0 Å². The lowest BCUT2D eigenvalue weighted by Crippen LogP contribution is -2.11. The fraction of sp³-hybridized carbons (Fsp3) is 0. The van der Waals surface area contributed by atoms with Gasteiger partial charge in [0.2, 0.25) is 0 Å². The topological polar surface area (TPSA) is 84.9 Å². The molecule has 3 rings (SSSR count). The first-order valence-corrected chi connectivity index (χ1v) is 6.16. The van der Waals surface area contributed by atoms with Crippen LogP contribution >= 0.6 is 15.9 Å². The van der Waals surface area contributed by atoms with Crippen molar-refractivity contribution in [2.45, 2.75) is 0 Å². The number of carbonyl (C=O) groups excluding carboxylic acids is 1. The second-order valence-electron chi connectivity index (χ2n) is 4.14. The molecule has 0 saturated heterocycles. The number of nitrogens with one attached hydrogen (secondary N) is 1. The van der Waals surface area contributed by atoms with Gasteiger partial charge in [-0.2, -0.15) is 0 Å². The number of nitrogen functional groups attached to an aromatic ring is 1. The predicted octanol–water partition coefficient (Wildman–Crippen LogP) is 2.76. The summed E-state index contributed by atoms with van der Waals surface area (Å²) in [6.45, 7) is 0. The molecule has 0 aliphatic carbocycles. The Morgan fingerprint density at radius 1 is 1.22 bits per heavy atom. The van der Waals surface area contributed by atoms with E-state index in [0.29, 0.717) is 11.3 Å². The summed E-state index contributed by atoms with van der Waals surface area (Å²) in [5.41, 5.74) is 13.9. The van der Waals surface area contributed by atoms with Crippen LogP contribution in [0.3, 0.4) is 0 Å². The number of anilines is 1. The Morgan fingerprint density at radius 3 is 2.72 bits per heavy atom. The highest BCUT2D eigenvalue weighted by atomic mass is 79.9. The van der Waals surface area contributed by atoms with Gasteiger partial charge in [-0.15, -0.1) is 0 Å². The van der Waals surface area contributed by atoms with Gasteiger partial charge in [-0.05, 0) is 24.3 Å². The number of fused-ring (bicyclic) bond motifs is 3. The number of rotatable bonds is 1. The molecule has 0 fully saturated rings. The average Bonchev–Trinajstić information content (AvgIpc) is 2.67. The quantitative estimate of drug-likeness (QED) is 0.604. The number of aromatic amines is 1. The third kappa shape index (κ3) is 1.48. The van der Waals surface area contributed by atoms with Crippen molar-refractivity contribution in [1.82, 2.24) is 4.98 Å². The number of halogens is 1. The van der Waals surface area contributed by atoms with Gasteiger partial charge in [0.1, 0.15) is 0 Å². The zero-order chi connectivity index (χ0) is 12.9. The van der Waals surface area contributed by atoms with Crippen molar-refractivity contribution in [2.75, 3.05) is 5.73 Å². The number of carbonyl (C=O) groups is 1. The number of hydrogen-bond donors (Lipinski definition) is 3. The van der Waals surface area contributed by atoms with Gasteiger partial charge < -0.3 is 16.5 Å². The Morgan fingerprint density at radius 2 is 2.00 bits per heavy atom. The maximum atomic E-state index is 11.4. The molecule has 18 heavy (non-hydrogen) atoms. The summed E-state index contributed by atoms with van der Waals surface area (Å²) in [6, 6.07) is 9.13. The highest BCUT2D eigenvalue weighted by molar-refractivity contribution is 9.10. The SMILES string of the molecule is NC(=O)c1ccc(Br)c2c1[nH]c1cc(N)ccc12. The smallest absolute Gasteiger partial charge is 0.250 e. The molecule has 0 aliphatic heterocycles. The first-order valence-electron chi connectivity index (χ1n) is 5.37. The van der Waals surface area contributed by atoms with Gasteiger partial charge in [0, 0.05) is 26.4 Å². The summed E-state index contributed by atoms with van der Waals surface area (Å²) in [4.78, 5) is 14.6. The molecule has 1 amide bonds. The summed E-state index contributed by atoms with van der Waals surface area (Å²) < 4.78 is 0.915. The van der Waals surface area contributed by atoms with Gasteiger partial charge in [-0.25, -0.2) is 0 Å². The Balaban J connectivity index is 2.55. The predicted molar refractivity (Wildman–Crippen MR) is 76.4 cm³/mol. The van der Waals surface area contributed by atoms with Gasteiger partial charge in [-0.1, -0.05) is 22.0 Å². The van der Waals surface area contributed by atoms with E-state index in [1.54, 1.807) is 6.07 Å². The third-order valence-electron chi connectivity index (χ3n) is 2.99. The van der Waals surface area contributed by atoms with Gasteiger partial charge >= 0.3 is 0 Å². The number of primary amides is 1. The molecule has 90 valence electrons. The van der Waals surface area contributed by atoms with Crippen molar-refractivity contribution in [2.24, 2.45) is 5.73 Å². The Hall–Kier alpha value is -2.01. The monoisotopic (exact) mass is 303 g/mol. The van der Waals surface area contributed by atoms with Crippen molar-refractivity contribution in [3.05, 3.63) is 40.4 Å². The molecule has 4 nitrogen and oxygen atoms in total. The number of nitrogens with two attached hydrogens (primary N) is 2. The standard InChI is InChI=1S/C13H10BrN3O/c14-9-4-3-8(13(16)18)12-11(9)7-2-1-6(15)5-10(7)17-12/h1-5,17H,15H2,(H2,16,18). The lowest BCUT2D eigenvalue weighted by molar-refractivity contribution is 0.100. The highest BCUT2D eigenvalue weighted by Gasteiger charge is 2.14. The normalized spacial score (nSPS) is 11.2. The largest absolute Gasteiger partial charge is 0.399 e. The second kappa shape index (κ2) is 3.74.